The smallest absolute Gasteiger partial charge is 0.272 e. The zero-order chi connectivity index (χ0) is 7.72. The summed E-state index contributed by atoms with van der Waals surface area (Å²) in [6.07, 6.45) is 0. The van der Waals surface area contributed by atoms with Gasteiger partial charge in [-0.1, -0.05) is 11.3 Å². The normalized spacial score (nSPS) is 9.90. The SMILES string of the molecule is O=C(Cl)c1nc(Br)sc1Br. The molecule has 1 aromatic rings. The van der Waals surface area contributed by atoms with Crippen molar-refractivity contribution < 1.29 is 4.79 Å². The maximum Gasteiger partial charge on any atom is 0.272 e. The number of halogens is 3. The van der Waals surface area contributed by atoms with Gasteiger partial charge in [-0.05, 0) is 43.5 Å². The molecule has 0 N–H and O–H groups in total. The molecule has 0 saturated carbocycles. The Labute approximate surface area is 82.9 Å². The average Bonchev–Trinajstić information content (AvgIpc) is 2.10. The first kappa shape index (κ1) is 8.64. The van der Waals surface area contributed by atoms with Gasteiger partial charge in [0.05, 0.1) is 0 Å². The summed E-state index contributed by atoms with van der Waals surface area (Å²) in [5.74, 6) is 0. The van der Waals surface area contributed by atoms with E-state index in [4.69, 9.17) is 11.6 Å². The number of hydrogen-bond donors (Lipinski definition) is 0. The molecule has 0 spiro atoms. The quantitative estimate of drug-likeness (QED) is 0.747. The van der Waals surface area contributed by atoms with Gasteiger partial charge in [0.2, 0.25) is 0 Å². The first-order valence-corrected chi connectivity index (χ1v) is 4.91. The standard InChI is InChI=1S/C4Br2ClNOS/c5-2-1(3(7)9)8-4(6)10-2. The molecule has 1 aromatic heterocycles. The molecule has 0 aliphatic heterocycles. The topological polar surface area (TPSA) is 30.0 Å². The second kappa shape index (κ2) is 3.30. The van der Waals surface area contributed by atoms with E-state index in [-0.39, 0.29) is 5.69 Å². The lowest BCUT2D eigenvalue weighted by molar-refractivity contribution is 0.107. The number of aromatic nitrogens is 1. The van der Waals surface area contributed by atoms with Crippen LogP contribution in [-0.4, -0.2) is 10.2 Å². The van der Waals surface area contributed by atoms with Crippen molar-refractivity contribution in [1.82, 2.24) is 4.98 Å². The lowest BCUT2D eigenvalue weighted by Crippen LogP contribution is -1.88. The molecule has 1 rings (SSSR count). The Morgan fingerprint density at radius 1 is 1.60 bits per heavy atom. The molecule has 2 nitrogen and oxygen atoms in total. The van der Waals surface area contributed by atoms with Crippen molar-refractivity contribution in [3.63, 3.8) is 0 Å². The Hall–Kier alpha value is 0.550. The van der Waals surface area contributed by atoms with Gasteiger partial charge in [-0.3, -0.25) is 4.79 Å². The monoisotopic (exact) mass is 303 g/mol. The van der Waals surface area contributed by atoms with Crippen molar-refractivity contribution in [2.24, 2.45) is 0 Å². The van der Waals surface area contributed by atoms with Gasteiger partial charge in [0.25, 0.3) is 5.24 Å². The van der Waals surface area contributed by atoms with E-state index in [9.17, 15) is 4.79 Å². The van der Waals surface area contributed by atoms with Crippen LogP contribution in [0.3, 0.4) is 0 Å². The summed E-state index contributed by atoms with van der Waals surface area (Å²) in [5, 5.41) is -0.547. The summed E-state index contributed by atoms with van der Waals surface area (Å²) in [6, 6.07) is 0. The van der Waals surface area contributed by atoms with Crippen LogP contribution >= 0.6 is 54.8 Å². The summed E-state index contributed by atoms with van der Waals surface area (Å²) in [4.78, 5) is 14.4. The minimum absolute atomic E-state index is 0.263. The predicted molar refractivity (Wildman–Crippen MR) is 47.7 cm³/mol. The van der Waals surface area contributed by atoms with E-state index in [0.29, 0.717) is 7.70 Å². The molecule has 6 heteroatoms. The van der Waals surface area contributed by atoms with E-state index >= 15 is 0 Å². The predicted octanol–water partition coefficient (Wildman–Crippen LogP) is 3.05. The molecule has 0 atom stereocenters. The Morgan fingerprint density at radius 2 is 2.20 bits per heavy atom. The van der Waals surface area contributed by atoms with Crippen LogP contribution in [0.25, 0.3) is 0 Å². The van der Waals surface area contributed by atoms with Gasteiger partial charge in [0, 0.05) is 0 Å². The Bertz CT molecular complexity index is 274. The van der Waals surface area contributed by atoms with Crippen molar-refractivity contribution in [3.8, 4) is 0 Å². The van der Waals surface area contributed by atoms with E-state index in [1.807, 2.05) is 0 Å². The average molecular weight is 305 g/mol. The zero-order valence-electron chi connectivity index (χ0n) is 4.40. The highest BCUT2D eigenvalue weighted by atomic mass is 79.9. The third kappa shape index (κ3) is 1.78. The highest BCUT2D eigenvalue weighted by Crippen LogP contribution is 2.29. The number of nitrogens with zero attached hydrogens (tertiary/aromatic N) is 1. The molecule has 0 fully saturated rings. The molecule has 0 bridgehead atoms. The summed E-state index contributed by atoms with van der Waals surface area (Å²) in [7, 11) is 0. The fourth-order valence-corrected chi connectivity index (χ4v) is 3.27. The molecule has 0 unspecified atom stereocenters. The Balaban J connectivity index is 3.15. The molecule has 10 heavy (non-hydrogen) atoms. The maximum absolute atomic E-state index is 10.5. The van der Waals surface area contributed by atoms with Gasteiger partial charge in [-0.25, -0.2) is 4.98 Å². The van der Waals surface area contributed by atoms with Gasteiger partial charge in [-0.15, -0.1) is 0 Å². The van der Waals surface area contributed by atoms with Gasteiger partial charge in [0.1, 0.15) is 9.48 Å². The van der Waals surface area contributed by atoms with E-state index in [1.165, 1.54) is 11.3 Å². The lowest BCUT2D eigenvalue weighted by Gasteiger charge is -1.81. The third-order valence-corrected chi connectivity index (χ3v) is 3.08. The molecule has 0 saturated heterocycles. The third-order valence-electron chi connectivity index (χ3n) is 0.746. The van der Waals surface area contributed by atoms with Gasteiger partial charge >= 0.3 is 0 Å². The second-order valence-corrected chi connectivity index (χ2v) is 5.30. The number of rotatable bonds is 1. The van der Waals surface area contributed by atoms with Crippen LogP contribution in [-0.2, 0) is 0 Å². The minimum Gasteiger partial charge on any atom is -0.274 e. The van der Waals surface area contributed by atoms with Gasteiger partial charge in [-0.2, -0.15) is 0 Å². The highest BCUT2D eigenvalue weighted by molar-refractivity contribution is 9.12. The van der Waals surface area contributed by atoms with Crippen LogP contribution in [0.1, 0.15) is 10.5 Å². The molecular formula is C4Br2ClNOS. The van der Waals surface area contributed by atoms with Crippen LogP contribution in [0.4, 0.5) is 0 Å². The fourth-order valence-electron chi connectivity index (χ4n) is 0.398. The van der Waals surface area contributed by atoms with Crippen LogP contribution in [0.2, 0.25) is 0 Å². The molecule has 54 valence electrons. The second-order valence-electron chi connectivity index (χ2n) is 1.36. The summed E-state index contributed by atoms with van der Waals surface area (Å²) >= 11 is 12.7. The van der Waals surface area contributed by atoms with Crippen molar-refractivity contribution in [2.45, 2.75) is 0 Å². The van der Waals surface area contributed by atoms with Crippen LogP contribution in [0.15, 0.2) is 7.70 Å². The molecule has 0 aliphatic carbocycles. The number of hydrogen-bond acceptors (Lipinski definition) is 3. The van der Waals surface area contributed by atoms with Crippen molar-refractivity contribution in [2.75, 3.05) is 0 Å². The van der Waals surface area contributed by atoms with Gasteiger partial charge in [0.15, 0.2) is 3.92 Å². The summed E-state index contributed by atoms with van der Waals surface area (Å²) in [5.41, 5.74) is 0.263. The Kier molecular flexibility index (Phi) is 2.85. The van der Waals surface area contributed by atoms with E-state index < -0.39 is 5.24 Å². The largest absolute Gasteiger partial charge is 0.274 e. The van der Waals surface area contributed by atoms with E-state index in [1.54, 1.807) is 0 Å². The molecular weight excluding hydrogens is 305 g/mol. The molecule has 0 radical (unpaired) electrons. The van der Waals surface area contributed by atoms with Crippen molar-refractivity contribution in [3.05, 3.63) is 13.4 Å². The fraction of sp³-hybridized carbons (Fsp3) is 0. The maximum atomic E-state index is 10.5. The van der Waals surface area contributed by atoms with E-state index in [2.05, 4.69) is 36.8 Å². The zero-order valence-corrected chi connectivity index (χ0v) is 9.14. The summed E-state index contributed by atoms with van der Waals surface area (Å²) < 4.78 is 1.29. The first-order chi connectivity index (χ1) is 4.61. The Morgan fingerprint density at radius 3 is 2.40 bits per heavy atom. The van der Waals surface area contributed by atoms with Crippen LogP contribution in [0, 0.1) is 0 Å². The molecule has 0 aromatic carbocycles. The highest BCUT2D eigenvalue weighted by Gasteiger charge is 2.12. The minimum atomic E-state index is -0.547. The molecule has 1 heterocycles. The van der Waals surface area contributed by atoms with Crippen molar-refractivity contribution in [1.29, 1.82) is 0 Å². The van der Waals surface area contributed by atoms with E-state index in [0.717, 1.165) is 0 Å². The van der Waals surface area contributed by atoms with Crippen LogP contribution in [0.5, 0.6) is 0 Å². The number of carbonyl (C=O) groups excluding carboxylic acids is 1. The van der Waals surface area contributed by atoms with Gasteiger partial charge < -0.3 is 0 Å². The lowest BCUT2D eigenvalue weighted by atomic mass is 10.6. The van der Waals surface area contributed by atoms with Crippen LogP contribution < -0.4 is 0 Å². The van der Waals surface area contributed by atoms with Crippen molar-refractivity contribution >= 4 is 60.0 Å². The molecule has 0 amide bonds. The molecule has 0 aliphatic rings. The first-order valence-electron chi connectivity index (χ1n) is 2.13. The number of carbonyl (C=O) groups is 1. The summed E-state index contributed by atoms with van der Waals surface area (Å²) in [6.45, 7) is 0. The number of thiazole rings is 1.